The molecule has 2 heteroatoms. The van der Waals surface area contributed by atoms with Crippen LogP contribution in [0.3, 0.4) is 0 Å². The van der Waals surface area contributed by atoms with E-state index < -0.39 is 0 Å². The summed E-state index contributed by atoms with van der Waals surface area (Å²) in [5.74, 6) is 0. The second-order valence-electron chi connectivity index (χ2n) is 3.23. The Kier molecular flexibility index (Phi) is 4.38. The Bertz CT molecular complexity index is 119. The van der Waals surface area contributed by atoms with E-state index in [0.717, 1.165) is 13.1 Å². The van der Waals surface area contributed by atoms with Crippen LogP contribution >= 0.6 is 0 Å². The van der Waals surface area contributed by atoms with E-state index in [9.17, 15) is 0 Å². The molecule has 0 saturated heterocycles. The van der Waals surface area contributed by atoms with Gasteiger partial charge in [-0.1, -0.05) is 13.0 Å². The van der Waals surface area contributed by atoms with E-state index in [4.69, 9.17) is 5.73 Å². The summed E-state index contributed by atoms with van der Waals surface area (Å²) < 4.78 is 0. The minimum atomic E-state index is 0.0775. The maximum atomic E-state index is 5.48. The van der Waals surface area contributed by atoms with Crippen LogP contribution in [0.2, 0.25) is 0 Å². The third kappa shape index (κ3) is 3.04. The Hall–Kier alpha value is -0.340. The van der Waals surface area contributed by atoms with Crippen molar-refractivity contribution in [2.75, 3.05) is 19.6 Å². The summed E-state index contributed by atoms with van der Waals surface area (Å²) in [6.07, 6.45) is 1.96. The number of hydrogen-bond donors (Lipinski definition) is 1. The smallest absolute Gasteiger partial charge is 0.0332 e. The van der Waals surface area contributed by atoms with Gasteiger partial charge in [0.05, 0.1) is 0 Å². The standard InChI is InChI=1S/C9H20N2/c1-5-9(3,4)11(6-2)8-7-10/h5H,1,6-8,10H2,2-4H3. The van der Waals surface area contributed by atoms with Gasteiger partial charge in [0.25, 0.3) is 0 Å². The molecule has 0 aromatic rings. The Labute approximate surface area is 70.1 Å². The van der Waals surface area contributed by atoms with Gasteiger partial charge in [0, 0.05) is 18.6 Å². The highest BCUT2D eigenvalue weighted by atomic mass is 15.2. The molecule has 0 radical (unpaired) electrons. The van der Waals surface area contributed by atoms with E-state index in [1.54, 1.807) is 0 Å². The fraction of sp³-hybridized carbons (Fsp3) is 0.778. The van der Waals surface area contributed by atoms with Crippen molar-refractivity contribution in [3.63, 3.8) is 0 Å². The van der Waals surface area contributed by atoms with Crippen LogP contribution in [0.5, 0.6) is 0 Å². The Balaban J connectivity index is 4.10. The SMILES string of the molecule is C=CC(C)(C)N(CC)CCN. The summed E-state index contributed by atoms with van der Waals surface area (Å²) in [4.78, 5) is 2.31. The second kappa shape index (κ2) is 4.52. The zero-order valence-electron chi connectivity index (χ0n) is 7.93. The minimum absolute atomic E-state index is 0.0775. The number of nitrogens with zero attached hydrogens (tertiary/aromatic N) is 1. The molecule has 0 amide bonds. The molecular weight excluding hydrogens is 136 g/mol. The molecule has 0 aliphatic rings. The first-order chi connectivity index (χ1) is 5.08. The van der Waals surface area contributed by atoms with Gasteiger partial charge >= 0.3 is 0 Å². The molecule has 0 fully saturated rings. The zero-order valence-corrected chi connectivity index (χ0v) is 7.93. The predicted octanol–water partition coefficient (Wildman–Crippen LogP) is 1.23. The number of likely N-dealkylation sites (N-methyl/N-ethyl adjacent to an activating group) is 1. The van der Waals surface area contributed by atoms with Crippen LogP contribution in [0, 0.1) is 0 Å². The van der Waals surface area contributed by atoms with Gasteiger partial charge in [-0.25, -0.2) is 0 Å². The van der Waals surface area contributed by atoms with Gasteiger partial charge in [0.2, 0.25) is 0 Å². The van der Waals surface area contributed by atoms with Gasteiger partial charge in [0.1, 0.15) is 0 Å². The first kappa shape index (κ1) is 10.7. The van der Waals surface area contributed by atoms with Crippen molar-refractivity contribution < 1.29 is 0 Å². The molecule has 0 aliphatic heterocycles. The maximum absolute atomic E-state index is 5.48. The fourth-order valence-corrected chi connectivity index (χ4v) is 1.14. The minimum Gasteiger partial charge on any atom is -0.329 e. The lowest BCUT2D eigenvalue weighted by Crippen LogP contribution is -2.44. The molecule has 0 aromatic heterocycles. The number of hydrogen-bond acceptors (Lipinski definition) is 2. The molecule has 0 aromatic carbocycles. The van der Waals surface area contributed by atoms with Crippen molar-refractivity contribution in [2.45, 2.75) is 26.3 Å². The normalized spacial score (nSPS) is 12.1. The number of nitrogens with two attached hydrogens (primary N) is 1. The summed E-state index contributed by atoms with van der Waals surface area (Å²) >= 11 is 0. The zero-order chi connectivity index (χ0) is 8.91. The molecule has 0 rings (SSSR count). The maximum Gasteiger partial charge on any atom is 0.0332 e. The highest BCUT2D eigenvalue weighted by Crippen LogP contribution is 2.13. The Morgan fingerprint density at radius 1 is 1.55 bits per heavy atom. The first-order valence-corrected chi connectivity index (χ1v) is 4.17. The summed E-state index contributed by atoms with van der Waals surface area (Å²) in [7, 11) is 0. The van der Waals surface area contributed by atoms with Gasteiger partial charge < -0.3 is 5.73 Å². The lowest BCUT2D eigenvalue weighted by molar-refractivity contribution is 0.176. The number of rotatable bonds is 5. The summed E-state index contributed by atoms with van der Waals surface area (Å²) in [5, 5.41) is 0. The van der Waals surface area contributed by atoms with Crippen LogP contribution in [0.1, 0.15) is 20.8 Å². The van der Waals surface area contributed by atoms with Crippen molar-refractivity contribution in [1.82, 2.24) is 4.90 Å². The van der Waals surface area contributed by atoms with Gasteiger partial charge in [-0.15, -0.1) is 6.58 Å². The largest absolute Gasteiger partial charge is 0.329 e. The molecule has 0 aliphatic carbocycles. The monoisotopic (exact) mass is 156 g/mol. The summed E-state index contributed by atoms with van der Waals surface area (Å²) in [5.41, 5.74) is 5.56. The molecule has 0 spiro atoms. The molecule has 0 unspecified atom stereocenters. The Morgan fingerprint density at radius 2 is 2.09 bits per heavy atom. The molecule has 11 heavy (non-hydrogen) atoms. The van der Waals surface area contributed by atoms with Gasteiger partial charge in [-0.2, -0.15) is 0 Å². The van der Waals surface area contributed by atoms with E-state index in [0.29, 0.717) is 6.54 Å². The molecule has 2 N–H and O–H groups in total. The Morgan fingerprint density at radius 3 is 2.36 bits per heavy atom. The van der Waals surface area contributed by atoms with Crippen LogP contribution in [0.15, 0.2) is 12.7 Å². The predicted molar refractivity (Wildman–Crippen MR) is 50.6 cm³/mol. The fourth-order valence-electron chi connectivity index (χ4n) is 1.14. The van der Waals surface area contributed by atoms with E-state index in [1.165, 1.54) is 0 Å². The highest BCUT2D eigenvalue weighted by molar-refractivity contribution is 4.97. The highest BCUT2D eigenvalue weighted by Gasteiger charge is 2.20. The third-order valence-electron chi connectivity index (χ3n) is 2.10. The van der Waals surface area contributed by atoms with Gasteiger partial charge in [-0.05, 0) is 20.4 Å². The second-order valence-corrected chi connectivity index (χ2v) is 3.23. The van der Waals surface area contributed by atoms with E-state index in [2.05, 4.69) is 32.3 Å². The molecule has 0 heterocycles. The molecule has 0 atom stereocenters. The van der Waals surface area contributed by atoms with Crippen molar-refractivity contribution in [1.29, 1.82) is 0 Å². The summed E-state index contributed by atoms with van der Waals surface area (Å²) in [6, 6.07) is 0. The average molecular weight is 156 g/mol. The van der Waals surface area contributed by atoms with Crippen molar-refractivity contribution in [3.05, 3.63) is 12.7 Å². The molecule has 0 saturated carbocycles. The molecule has 2 nitrogen and oxygen atoms in total. The lowest BCUT2D eigenvalue weighted by Gasteiger charge is -2.34. The van der Waals surface area contributed by atoms with Crippen LogP contribution < -0.4 is 5.73 Å². The summed E-state index contributed by atoms with van der Waals surface area (Å²) in [6.45, 7) is 12.9. The van der Waals surface area contributed by atoms with Crippen LogP contribution in [0.25, 0.3) is 0 Å². The third-order valence-corrected chi connectivity index (χ3v) is 2.10. The quantitative estimate of drug-likeness (QED) is 0.607. The molecule has 66 valence electrons. The lowest BCUT2D eigenvalue weighted by atomic mass is 10.0. The molecular formula is C9H20N2. The first-order valence-electron chi connectivity index (χ1n) is 4.17. The van der Waals surface area contributed by atoms with Crippen molar-refractivity contribution >= 4 is 0 Å². The molecule has 0 bridgehead atoms. The van der Waals surface area contributed by atoms with Crippen molar-refractivity contribution in [2.24, 2.45) is 5.73 Å². The topological polar surface area (TPSA) is 29.3 Å². The van der Waals surface area contributed by atoms with E-state index in [1.807, 2.05) is 6.08 Å². The van der Waals surface area contributed by atoms with Gasteiger partial charge in [-0.3, -0.25) is 4.90 Å². The van der Waals surface area contributed by atoms with Gasteiger partial charge in [0.15, 0.2) is 0 Å². The van der Waals surface area contributed by atoms with Crippen LogP contribution in [0.4, 0.5) is 0 Å². The van der Waals surface area contributed by atoms with Crippen LogP contribution in [-0.4, -0.2) is 30.1 Å². The average Bonchev–Trinajstić information content (AvgIpc) is 2.00. The van der Waals surface area contributed by atoms with E-state index in [-0.39, 0.29) is 5.54 Å². The van der Waals surface area contributed by atoms with E-state index >= 15 is 0 Å². The van der Waals surface area contributed by atoms with Crippen LogP contribution in [-0.2, 0) is 0 Å². The van der Waals surface area contributed by atoms with Crippen molar-refractivity contribution in [3.8, 4) is 0 Å².